The van der Waals surface area contributed by atoms with E-state index in [-0.39, 0.29) is 84.6 Å². The summed E-state index contributed by atoms with van der Waals surface area (Å²) in [6, 6.07) is 21.0. The first-order valence-corrected chi connectivity index (χ1v) is 41.3. The summed E-state index contributed by atoms with van der Waals surface area (Å²) in [5, 5.41) is 57.0. The van der Waals surface area contributed by atoms with Crippen molar-refractivity contribution in [3.63, 3.8) is 0 Å². The fourth-order valence-corrected chi connectivity index (χ4v) is 25.1. The maximum absolute atomic E-state index is 16.6. The molecule has 31 nitrogen and oxygen atoms in total. The van der Waals surface area contributed by atoms with E-state index in [1.165, 1.54) is 76.1 Å². The number of thioether (sulfide) groups is 1. The van der Waals surface area contributed by atoms with E-state index in [9.17, 15) is 68.4 Å². The van der Waals surface area contributed by atoms with Crippen molar-refractivity contribution >= 4 is 114 Å². The molecule has 1 saturated heterocycles. The molecule has 6 aromatic rings. The number of carboxylic acid groups (broad SMARTS) is 2. The number of anilines is 2. The predicted octanol–water partition coefficient (Wildman–Crippen LogP) is 6.43. The SMILES string of the molecule is CC(=O)O[C@@]12CO[C@@H]1C[C@H](OC(=O)C/C=C/S(C)(C)CS(C)(C)CSc1ncc(CNC(=O)CC[C@H](NC(=O)c3ccc(NCc4cnc5nc(N)[nH]c(=O)c5n4)cc3)C(=O)O)o1)[C@@]1(C)C(=O)[C@H](OC(=O)CCC(=O)O)C3=C(C)[C@@H](OC(=O)[C@H](O)Cc4ccccc4)C[C@@](O)([C@@H](OC(=O)c4ccccc4)[C@H]21)C3(C)C. The number of oxazole rings is 1. The summed E-state index contributed by atoms with van der Waals surface area (Å²) in [5.41, 5.74) is -1.74. The maximum atomic E-state index is 16.6. The molecule has 34 heteroatoms. The first kappa shape index (κ1) is 81.5. The second-order valence-electron chi connectivity index (χ2n) is 29.2. The number of ether oxygens (including phenoxy) is 6. The third kappa shape index (κ3) is 18.7. The number of ketones is 1. The number of rotatable bonds is 31. The molecule has 0 unspecified atom stereocenters. The fourth-order valence-electron chi connectivity index (χ4n) is 14.7. The topological polar surface area (TPSA) is 467 Å². The number of nitrogens with two attached hydrogens (primary N) is 1. The molecule has 4 heterocycles. The average Bonchev–Trinajstić information content (AvgIpc) is 0.849. The highest BCUT2D eigenvalue weighted by Gasteiger charge is 2.79. The van der Waals surface area contributed by atoms with Crippen LogP contribution in [-0.2, 0) is 86.3 Å². The van der Waals surface area contributed by atoms with Crippen molar-refractivity contribution < 1.29 is 101 Å². The number of nitrogens with one attached hydrogen (secondary N) is 4. The van der Waals surface area contributed by atoms with E-state index < -0.39 is 181 Å². The number of fused-ring (bicyclic) bond motifs is 6. The fraction of sp³-hybridized carbons (Fsp3) is 0.453. The van der Waals surface area contributed by atoms with Crippen LogP contribution in [0.1, 0.15) is 117 Å². The first-order chi connectivity index (χ1) is 51.4. The molecule has 10 rings (SSSR count). The maximum Gasteiger partial charge on any atom is 0.338 e. The van der Waals surface area contributed by atoms with Crippen LogP contribution < -0.4 is 27.2 Å². The highest BCUT2D eigenvalue weighted by atomic mass is 32.3. The molecular weight excluding hydrogens is 1480 g/mol. The van der Waals surface area contributed by atoms with Gasteiger partial charge in [0.15, 0.2) is 34.8 Å². The standard InChI is InChI=1S/C75H89N9O22S3/c1-41-51(102-69(98)50(86)31-43-17-12-10-13-18-43)33-75(99)63(105-68(97)45-19-14-11-15-20-45)61-73(5,62(92)60(58(41)72(75,3)4)104-57(91)29-28-55(88)89)52(32-53-74(61,38-100-53)106-42(2)85)103-56(90)21-16-30-108(6,7)40-109(8,9)39-107-71-80-37-48(101-71)36-78-54(87)27-26-49(67(95)96)82-65(93)44-22-24-46(25-23-44)77-34-47-35-79-64-59(81-47)66(94)84-70(76)83-64/h10-20,22-25,30,35,37,49-53,60-61,63,77,86,99H,21,26-29,31-34,36,38-40H2,1-9H3,(H,78,87)(H,82,93)(H,88,89)(H,95,96)(H3,76,79,83,84,94)/b30-16+/t49-,50+,51-,52-,53+,60+,61-,63-,73+,74-,75+/m0/s1. The van der Waals surface area contributed by atoms with Crippen molar-refractivity contribution in [3.8, 4) is 0 Å². The van der Waals surface area contributed by atoms with Crippen molar-refractivity contribution in [3.05, 3.63) is 158 Å². The van der Waals surface area contributed by atoms with Gasteiger partial charge in [-0.3, -0.25) is 43.3 Å². The molecule has 1 aliphatic heterocycles. The summed E-state index contributed by atoms with van der Waals surface area (Å²) in [6.07, 6.45) is -0.540. The lowest BCUT2D eigenvalue weighted by Crippen LogP contribution is -2.82. The number of aliphatic hydroxyl groups is 2. The number of aromatic amines is 1. The molecule has 3 aromatic heterocycles. The number of nitrogen functional groups attached to an aromatic ring is 1. The molecule has 0 spiro atoms. The monoisotopic (exact) mass is 1560 g/mol. The van der Waals surface area contributed by atoms with Crippen molar-refractivity contribution in [1.29, 1.82) is 0 Å². The van der Waals surface area contributed by atoms with E-state index in [0.717, 1.165) is 6.92 Å². The van der Waals surface area contributed by atoms with Crippen LogP contribution in [-0.4, -0.2) is 200 Å². The number of benzene rings is 3. The summed E-state index contributed by atoms with van der Waals surface area (Å²) in [5.74, 6) is -11.4. The van der Waals surface area contributed by atoms with Crippen molar-refractivity contribution in [2.24, 2.45) is 16.7 Å². The average molecular weight is 1560 g/mol. The zero-order chi connectivity index (χ0) is 79.1. The number of hydrogen-bond acceptors (Lipinski definition) is 27. The number of carbonyl (C=O) groups is 10. The van der Waals surface area contributed by atoms with Crippen molar-refractivity contribution in [1.82, 2.24) is 35.6 Å². The Morgan fingerprint density at radius 1 is 0.835 bits per heavy atom. The number of carboxylic acids is 2. The largest absolute Gasteiger partial charge is 0.481 e. The second-order valence-corrected chi connectivity index (χ2v) is 38.7. The van der Waals surface area contributed by atoms with Gasteiger partial charge in [-0.1, -0.05) is 80.2 Å². The summed E-state index contributed by atoms with van der Waals surface area (Å²) in [7, 11) is -3.06. The zero-order valence-electron chi connectivity index (χ0n) is 61.4. The summed E-state index contributed by atoms with van der Waals surface area (Å²) in [6.45, 7) is 6.68. The Balaban J connectivity index is 0.798. The Labute approximate surface area is 633 Å². The number of esters is 5. The Hall–Kier alpha value is -10.0. The van der Waals surface area contributed by atoms with Gasteiger partial charge < -0.3 is 74.9 Å². The number of H-pyrrole nitrogens is 1. The van der Waals surface area contributed by atoms with Gasteiger partial charge in [0.1, 0.15) is 41.8 Å². The van der Waals surface area contributed by atoms with Gasteiger partial charge in [0.25, 0.3) is 16.7 Å². The lowest BCUT2D eigenvalue weighted by molar-refractivity contribution is -0.346. The quantitative estimate of drug-likeness (QED) is 0.00979. The molecular formula is C75H89N9O22S3. The minimum Gasteiger partial charge on any atom is -0.481 e. The van der Waals surface area contributed by atoms with E-state index in [1.807, 2.05) is 5.41 Å². The highest BCUT2D eigenvalue weighted by molar-refractivity contribution is 8.51. The highest BCUT2D eigenvalue weighted by Crippen LogP contribution is 2.65. The number of aliphatic hydroxyl groups excluding tert-OH is 1. The van der Waals surface area contributed by atoms with Gasteiger partial charge >= 0.3 is 41.8 Å². The molecule has 10 N–H and O–H groups in total. The van der Waals surface area contributed by atoms with Crippen LogP contribution in [0.2, 0.25) is 0 Å². The minimum atomic E-state index is -2.54. The molecule has 584 valence electrons. The van der Waals surface area contributed by atoms with E-state index in [4.69, 9.17) is 38.6 Å². The number of aromatic nitrogens is 5. The van der Waals surface area contributed by atoms with E-state index in [2.05, 4.69) is 65.9 Å². The molecule has 2 bridgehead atoms. The van der Waals surface area contributed by atoms with Gasteiger partial charge in [-0.2, -0.15) is 4.98 Å². The third-order valence-electron chi connectivity index (χ3n) is 20.0. The number of hydrogen-bond donors (Lipinski definition) is 9. The van der Waals surface area contributed by atoms with Crippen LogP contribution in [0.15, 0.2) is 134 Å². The molecule has 2 amide bonds. The molecule has 3 aromatic carbocycles. The molecule has 4 aliphatic rings. The third-order valence-corrected chi connectivity index (χ3v) is 29.3. The van der Waals surface area contributed by atoms with Crippen LogP contribution in [0, 0.1) is 16.7 Å². The Morgan fingerprint density at radius 3 is 2.19 bits per heavy atom. The van der Waals surface area contributed by atoms with E-state index in [1.54, 1.807) is 66.7 Å². The second kappa shape index (κ2) is 33.5. The lowest BCUT2D eigenvalue weighted by atomic mass is 9.44. The molecule has 3 fully saturated rings. The van der Waals surface area contributed by atoms with Crippen molar-refractivity contribution in [2.75, 3.05) is 52.9 Å². The number of aliphatic carboxylic acids is 2. The number of nitrogens with zero attached hydrogens (tertiary/aromatic N) is 4. The van der Waals surface area contributed by atoms with Gasteiger partial charge in [0.05, 0.1) is 73.9 Å². The predicted molar refractivity (Wildman–Crippen MR) is 401 cm³/mol. The molecule has 109 heavy (non-hydrogen) atoms. The zero-order valence-corrected chi connectivity index (χ0v) is 63.9. The first-order valence-electron chi connectivity index (χ1n) is 34.8. The Kier molecular flexibility index (Phi) is 25.0. The molecule has 0 radical (unpaired) electrons. The van der Waals surface area contributed by atoms with Gasteiger partial charge in [-0.05, 0) is 104 Å². The molecule has 2 saturated carbocycles. The van der Waals surface area contributed by atoms with Gasteiger partial charge in [-0.15, -0.1) is 0 Å². The van der Waals surface area contributed by atoms with Crippen LogP contribution in [0.4, 0.5) is 11.6 Å². The number of Topliss-reactive ketones (excluding diaryl/α,β-unsaturated/α-hetero) is 1. The number of carbonyl (C=O) groups excluding carboxylic acids is 8. The van der Waals surface area contributed by atoms with Crippen LogP contribution in [0.3, 0.4) is 0 Å². The summed E-state index contributed by atoms with van der Waals surface area (Å²) < 4.78 is 43.7. The normalized spacial score (nSPS) is 23.7. The van der Waals surface area contributed by atoms with Gasteiger partial charge in [-0.25, -0.2) is 49.4 Å². The summed E-state index contributed by atoms with van der Waals surface area (Å²) in [4.78, 5) is 170. The Bertz CT molecular complexity index is 4590. The van der Waals surface area contributed by atoms with Gasteiger partial charge in [0.2, 0.25) is 11.9 Å². The van der Waals surface area contributed by atoms with E-state index in [0.29, 0.717) is 38.1 Å². The van der Waals surface area contributed by atoms with Crippen LogP contribution >= 0.6 is 31.8 Å². The van der Waals surface area contributed by atoms with Crippen LogP contribution in [0.25, 0.3) is 11.2 Å². The number of amides is 2. The molecule has 11 atom stereocenters. The van der Waals surface area contributed by atoms with E-state index >= 15 is 4.79 Å². The van der Waals surface area contributed by atoms with Gasteiger partial charge in [0, 0.05) is 59.4 Å². The minimum absolute atomic E-state index is 0.00135. The van der Waals surface area contributed by atoms with Crippen LogP contribution in [0.5, 0.6) is 0 Å². The Morgan fingerprint density at radius 2 is 1.53 bits per heavy atom. The van der Waals surface area contributed by atoms with Crippen molar-refractivity contribution in [2.45, 2.75) is 158 Å². The molecule has 3 aliphatic carbocycles. The smallest absolute Gasteiger partial charge is 0.338 e. The summed E-state index contributed by atoms with van der Waals surface area (Å²) >= 11 is 1.37. The lowest BCUT2D eigenvalue weighted by Gasteiger charge is -2.67.